The maximum absolute atomic E-state index is 10.2. The quantitative estimate of drug-likeness (QED) is 0.840. The molecule has 0 amide bonds. The first kappa shape index (κ1) is 12.6. The maximum atomic E-state index is 10.2. The number of benzene rings is 1. The fraction of sp³-hybridized carbons (Fsp3) is 0.600. The molecule has 2 nitrogen and oxygen atoms in total. The number of hydrogen-bond acceptors (Lipinski definition) is 2. The molecular weight excluding hydrogens is 212 g/mol. The summed E-state index contributed by atoms with van der Waals surface area (Å²) in [6.07, 6.45) is 3.56. The van der Waals surface area contributed by atoms with E-state index >= 15 is 0 Å². The minimum atomic E-state index is -1.04. The Balaban J connectivity index is 2.20. The molecule has 2 atom stereocenters. The van der Waals surface area contributed by atoms with Crippen molar-refractivity contribution in [3.8, 4) is 0 Å². The average molecular weight is 234 g/mol. The highest BCUT2D eigenvalue weighted by Crippen LogP contribution is 2.38. The normalized spacial score (nSPS) is 21.6. The van der Waals surface area contributed by atoms with Gasteiger partial charge in [-0.05, 0) is 43.2 Å². The van der Waals surface area contributed by atoms with Crippen LogP contribution in [-0.4, -0.2) is 15.8 Å². The van der Waals surface area contributed by atoms with E-state index in [1.807, 2.05) is 19.1 Å². The van der Waals surface area contributed by atoms with Gasteiger partial charge in [-0.25, -0.2) is 0 Å². The highest BCUT2D eigenvalue weighted by Gasteiger charge is 2.30. The van der Waals surface area contributed by atoms with Gasteiger partial charge in [0.25, 0.3) is 0 Å². The van der Waals surface area contributed by atoms with E-state index in [9.17, 15) is 10.2 Å². The van der Waals surface area contributed by atoms with Gasteiger partial charge in [-0.1, -0.05) is 37.6 Å². The largest absolute Gasteiger partial charge is 0.387 e. The third kappa shape index (κ3) is 2.53. The molecule has 2 heteroatoms. The molecule has 1 aliphatic rings. The molecule has 0 saturated heterocycles. The number of aliphatic hydroxyl groups excluding tert-OH is 1. The van der Waals surface area contributed by atoms with Crippen molar-refractivity contribution in [2.24, 2.45) is 0 Å². The second-order valence-corrected chi connectivity index (χ2v) is 5.41. The Morgan fingerprint density at radius 1 is 1.41 bits per heavy atom. The topological polar surface area (TPSA) is 40.5 Å². The van der Waals surface area contributed by atoms with E-state index in [0.29, 0.717) is 12.3 Å². The molecule has 0 spiro atoms. The zero-order valence-electron chi connectivity index (χ0n) is 10.7. The van der Waals surface area contributed by atoms with Gasteiger partial charge in [0.2, 0.25) is 0 Å². The van der Waals surface area contributed by atoms with E-state index in [4.69, 9.17) is 0 Å². The van der Waals surface area contributed by atoms with E-state index in [1.54, 1.807) is 6.92 Å². The molecule has 94 valence electrons. The molecule has 2 rings (SSSR count). The standard InChI is InChI=1S/C15H22O2/c1-3-15(2,17)14(16)13-9-5-8-12(10-13)11-6-4-7-11/h5,8-11,14,16-17H,3-4,6-7H2,1-2H3. The van der Waals surface area contributed by atoms with Crippen LogP contribution in [0.5, 0.6) is 0 Å². The number of aliphatic hydroxyl groups is 2. The molecule has 0 radical (unpaired) electrons. The van der Waals surface area contributed by atoms with Crippen LogP contribution < -0.4 is 0 Å². The summed E-state index contributed by atoms with van der Waals surface area (Å²) in [5, 5.41) is 20.3. The summed E-state index contributed by atoms with van der Waals surface area (Å²) < 4.78 is 0. The molecule has 0 heterocycles. The lowest BCUT2D eigenvalue weighted by atomic mass is 9.79. The highest BCUT2D eigenvalue weighted by atomic mass is 16.3. The van der Waals surface area contributed by atoms with Crippen molar-refractivity contribution in [1.82, 2.24) is 0 Å². The molecule has 17 heavy (non-hydrogen) atoms. The Labute approximate surface area is 103 Å². The molecule has 1 aromatic rings. The lowest BCUT2D eigenvalue weighted by Gasteiger charge is -2.30. The zero-order valence-corrected chi connectivity index (χ0v) is 10.7. The van der Waals surface area contributed by atoms with Crippen molar-refractivity contribution in [2.45, 2.75) is 57.2 Å². The van der Waals surface area contributed by atoms with Crippen LogP contribution in [0.25, 0.3) is 0 Å². The molecule has 1 saturated carbocycles. The van der Waals surface area contributed by atoms with Gasteiger partial charge in [0.1, 0.15) is 6.10 Å². The Bertz CT molecular complexity index is 380. The first-order valence-corrected chi connectivity index (χ1v) is 6.55. The number of rotatable bonds is 4. The predicted octanol–water partition coefficient (Wildman–Crippen LogP) is 3.15. The SMILES string of the molecule is CCC(C)(O)C(O)c1cccc(C2CCC2)c1. The summed E-state index contributed by atoms with van der Waals surface area (Å²) in [6, 6.07) is 8.06. The van der Waals surface area contributed by atoms with Crippen molar-refractivity contribution in [3.05, 3.63) is 35.4 Å². The summed E-state index contributed by atoms with van der Waals surface area (Å²) in [5.74, 6) is 0.661. The fourth-order valence-electron chi connectivity index (χ4n) is 2.28. The fourth-order valence-corrected chi connectivity index (χ4v) is 2.28. The van der Waals surface area contributed by atoms with Crippen molar-refractivity contribution in [2.75, 3.05) is 0 Å². The van der Waals surface area contributed by atoms with Crippen molar-refractivity contribution in [3.63, 3.8) is 0 Å². The van der Waals surface area contributed by atoms with Gasteiger partial charge in [0.05, 0.1) is 5.60 Å². The van der Waals surface area contributed by atoms with Gasteiger partial charge >= 0.3 is 0 Å². The van der Waals surface area contributed by atoms with Gasteiger partial charge in [-0.2, -0.15) is 0 Å². The lowest BCUT2D eigenvalue weighted by molar-refractivity contribution is -0.0659. The smallest absolute Gasteiger partial charge is 0.107 e. The van der Waals surface area contributed by atoms with E-state index in [1.165, 1.54) is 24.8 Å². The van der Waals surface area contributed by atoms with Gasteiger partial charge in [0.15, 0.2) is 0 Å². The van der Waals surface area contributed by atoms with Crippen LogP contribution in [0.3, 0.4) is 0 Å². The van der Waals surface area contributed by atoms with Gasteiger partial charge in [-0.15, -0.1) is 0 Å². The molecule has 1 aliphatic carbocycles. The molecule has 1 fully saturated rings. The first-order chi connectivity index (χ1) is 8.04. The summed E-state index contributed by atoms with van der Waals surface area (Å²) >= 11 is 0. The molecular formula is C15H22O2. The van der Waals surface area contributed by atoms with Crippen LogP contribution in [-0.2, 0) is 0 Å². The van der Waals surface area contributed by atoms with Crippen LogP contribution >= 0.6 is 0 Å². The van der Waals surface area contributed by atoms with Gasteiger partial charge in [0, 0.05) is 0 Å². The van der Waals surface area contributed by atoms with Crippen molar-refractivity contribution in [1.29, 1.82) is 0 Å². The third-order valence-electron chi connectivity index (χ3n) is 4.11. The van der Waals surface area contributed by atoms with E-state index in [0.717, 1.165) is 5.56 Å². The van der Waals surface area contributed by atoms with Crippen molar-refractivity contribution >= 4 is 0 Å². The van der Waals surface area contributed by atoms with Gasteiger partial charge in [-0.3, -0.25) is 0 Å². The molecule has 0 aromatic heterocycles. The summed E-state index contributed by atoms with van der Waals surface area (Å²) in [6.45, 7) is 3.58. The lowest BCUT2D eigenvalue weighted by Crippen LogP contribution is -2.31. The minimum Gasteiger partial charge on any atom is -0.387 e. The Morgan fingerprint density at radius 3 is 2.65 bits per heavy atom. The summed E-state index contributed by atoms with van der Waals surface area (Å²) in [4.78, 5) is 0. The second kappa shape index (κ2) is 4.79. The van der Waals surface area contributed by atoms with E-state index < -0.39 is 11.7 Å². The minimum absolute atomic E-state index is 0.543. The monoisotopic (exact) mass is 234 g/mol. The van der Waals surface area contributed by atoms with E-state index in [-0.39, 0.29) is 0 Å². The van der Waals surface area contributed by atoms with Crippen LogP contribution in [0.15, 0.2) is 24.3 Å². The second-order valence-electron chi connectivity index (χ2n) is 5.41. The van der Waals surface area contributed by atoms with Crippen LogP contribution in [0.4, 0.5) is 0 Å². The molecule has 2 N–H and O–H groups in total. The van der Waals surface area contributed by atoms with E-state index in [2.05, 4.69) is 12.1 Å². The summed E-state index contributed by atoms with van der Waals surface area (Å²) in [7, 11) is 0. The predicted molar refractivity (Wildman–Crippen MR) is 68.9 cm³/mol. The van der Waals surface area contributed by atoms with Gasteiger partial charge < -0.3 is 10.2 Å². The molecule has 0 bridgehead atoms. The van der Waals surface area contributed by atoms with Crippen LogP contribution in [0.2, 0.25) is 0 Å². The number of hydrogen-bond donors (Lipinski definition) is 2. The maximum Gasteiger partial charge on any atom is 0.107 e. The molecule has 0 aliphatic heterocycles. The Kier molecular flexibility index (Phi) is 3.55. The third-order valence-corrected chi connectivity index (χ3v) is 4.11. The molecule has 1 aromatic carbocycles. The molecule has 2 unspecified atom stereocenters. The Hall–Kier alpha value is -0.860. The van der Waals surface area contributed by atoms with Crippen LogP contribution in [0, 0.1) is 0 Å². The van der Waals surface area contributed by atoms with Crippen molar-refractivity contribution < 1.29 is 10.2 Å². The Morgan fingerprint density at radius 2 is 2.12 bits per heavy atom. The first-order valence-electron chi connectivity index (χ1n) is 6.55. The highest BCUT2D eigenvalue weighted by molar-refractivity contribution is 5.30. The zero-order chi connectivity index (χ0) is 12.5. The summed E-state index contributed by atoms with van der Waals surface area (Å²) in [5.41, 5.74) is 1.10. The van der Waals surface area contributed by atoms with Crippen LogP contribution in [0.1, 0.15) is 62.7 Å². The average Bonchev–Trinajstić information content (AvgIpc) is 2.26.